The van der Waals surface area contributed by atoms with Crippen LogP contribution < -0.4 is 5.73 Å². The van der Waals surface area contributed by atoms with Gasteiger partial charge < -0.3 is 15.5 Å². The lowest BCUT2D eigenvalue weighted by Gasteiger charge is -2.30. The van der Waals surface area contributed by atoms with Gasteiger partial charge in [-0.1, -0.05) is 18.2 Å². The van der Waals surface area contributed by atoms with Crippen LogP contribution >= 0.6 is 0 Å². The third kappa shape index (κ3) is 2.91. The van der Waals surface area contributed by atoms with Gasteiger partial charge in [0.1, 0.15) is 18.8 Å². The number of benzene rings is 1. The number of fused-ring (bicyclic) bond motifs is 1. The molecule has 3 amide bonds. The number of likely N-dealkylation sites (tertiary alicyclic amines) is 1. The molecular weight excluding hydrogens is 301 g/mol. The molecule has 122 valence electrons. The Balaban J connectivity index is 1.71. The van der Waals surface area contributed by atoms with E-state index in [-0.39, 0.29) is 25.4 Å². The third-order valence-electron chi connectivity index (χ3n) is 4.41. The highest BCUT2D eigenvalue weighted by Crippen LogP contribution is 2.22. The Morgan fingerprint density at radius 1 is 1.30 bits per heavy atom. The third-order valence-corrected chi connectivity index (χ3v) is 4.41. The molecule has 0 aliphatic carbocycles. The Morgan fingerprint density at radius 2 is 2.04 bits per heavy atom. The first kappa shape index (κ1) is 15.5. The van der Waals surface area contributed by atoms with E-state index in [1.165, 1.54) is 4.90 Å². The predicted molar refractivity (Wildman–Crippen MR) is 80.3 cm³/mol. The Morgan fingerprint density at radius 3 is 2.78 bits per heavy atom. The van der Waals surface area contributed by atoms with Gasteiger partial charge in [-0.2, -0.15) is 0 Å². The fourth-order valence-electron chi connectivity index (χ4n) is 3.21. The molecule has 2 aliphatic rings. The molecule has 6 nitrogen and oxygen atoms in total. The minimum atomic E-state index is -1.26. The highest BCUT2D eigenvalue weighted by atomic mass is 19.1. The van der Waals surface area contributed by atoms with E-state index in [4.69, 9.17) is 5.73 Å². The maximum absolute atomic E-state index is 13.5. The highest BCUT2D eigenvalue weighted by Gasteiger charge is 2.39. The maximum atomic E-state index is 13.5. The Hall–Kier alpha value is -2.44. The molecule has 2 heterocycles. The molecule has 23 heavy (non-hydrogen) atoms. The minimum Gasteiger partial charge on any atom is -0.368 e. The predicted octanol–water partition coefficient (Wildman–Crippen LogP) is 0.109. The second kappa shape index (κ2) is 5.98. The fraction of sp³-hybridized carbons (Fsp3) is 0.438. The second-order valence-corrected chi connectivity index (χ2v) is 5.93. The number of carbonyl (C=O) groups is 3. The lowest BCUT2D eigenvalue weighted by molar-refractivity contribution is -0.137. The van der Waals surface area contributed by atoms with E-state index in [1.807, 2.05) is 12.1 Å². The van der Waals surface area contributed by atoms with Crippen molar-refractivity contribution in [2.75, 3.05) is 19.6 Å². The molecule has 2 atom stereocenters. The van der Waals surface area contributed by atoms with Crippen molar-refractivity contribution in [3.05, 3.63) is 35.4 Å². The first-order valence-electron chi connectivity index (χ1n) is 7.57. The summed E-state index contributed by atoms with van der Waals surface area (Å²) < 4.78 is 13.5. The monoisotopic (exact) mass is 319 g/mol. The van der Waals surface area contributed by atoms with Gasteiger partial charge in [-0.15, -0.1) is 0 Å². The van der Waals surface area contributed by atoms with E-state index in [0.717, 1.165) is 10.5 Å². The first-order valence-corrected chi connectivity index (χ1v) is 7.57. The largest absolute Gasteiger partial charge is 0.368 e. The van der Waals surface area contributed by atoms with Crippen LogP contribution in [0.3, 0.4) is 0 Å². The standard InChI is InChI=1S/C16H18FN3O3/c17-11-7-13(15(18)22)20(8-11)14(21)9-19-6-5-10-3-1-2-4-12(10)16(19)23/h1-4,11,13H,5-9H2,(H2,18,22)/t11-,13+/m1/s1. The number of alkyl halides is 1. The Labute approximate surface area is 133 Å². The fourth-order valence-corrected chi connectivity index (χ4v) is 3.21. The van der Waals surface area contributed by atoms with Crippen LogP contribution in [0.4, 0.5) is 4.39 Å². The second-order valence-electron chi connectivity index (χ2n) is 5.93. The van der Waals surface area contributed by atoms with Crippen LogP contribution in [-0.2, 0) is 16.0 Å². The van der Waals surface area contributed by atoms with Crippen molar-refractivity contribution in [1.29, 1.82) is 0 Å². The summed E-state index contributed by atoms with van der Waals surface area (Å²) in [6.45, 7) is 0.116. The molecule has 1 aromatic carbocycles. The minimum absolute atomic E-state index is 0.0716. The number of halogens is 1. The van der Waals surface area contributed by atoms with Gasteiger partial charge in [0, 0.05) is 18.5 Å². The zero-order chi connectivity index (χ0) is 16.6. The van der Waals surface area contributed by atoms with Crippen molar-refractivity contribution in [1.82, 2.24) is 9.80 Å². The molecule has 0 radical (unpaired) electrons. The summed E-state index contributed by atoms with van der Waals surface area (Å²) in [5.74, 6) is -1.37. The van der Waals surface area contributed by atoms with E-state index in [0.29, 0.717) is 18.5 Å². The van der Waals surface area contributed by atoms with E-state index in [9.17, 15) is 18.8 Å². The van der Waals surface area contributed by atoms with Gasteiger partial charge in [0.15, 0.2) is 0 Å². The van der Waals surface area contributed by atoms with Crippen LogP contribution in [0.5, 0.6) is 0 Å². The quantitative estimate of drug-likeness (QED) is 0.858. The van der Waals surface area contributed by atoms with E-state index >= 15 is 0 Å². The van der Waals surface area contributed by atoms with Crippen molar-refractivity contribution >= 4 is 17.7 Å². The van der Waals surface area contributed by atoms with Gasteiger partial charge in [-0.25, -0.2) is 4.39 Å². The van der Waals surface area contributed by atoms with Crippen molar-refractivity contribution in [2.45, 2.75) is 25.1 Å². The van der Waals surface area contributed by atoms with Gasteiger partial charge in [0.25, 0.3) is 5.91 Å². The molecule has 0 unspecified atom stereocenters. The summed E-state index contributed by atoms with van der Waals surface area (Å²) in [5.41, 5.74) is 6.78. The van der Waals surface area contributed by atoms with Gasteiger partial charge >= 0.3 is 0 Å². The number of primary amides is 1. The number of hydrogen-bond acceptors (Lipinski definition) is 3. The topological polar surface area (TPSA) is 83.7 Å². The number of nitrogens with zero attached hydrogens (tertiary/aromatic N) is 2. The number of amides is 3. The summed E-state index contributed by atoms with van der Waals surface area (Å²) >= 11 is 0. The molecule has 1 saturated heterocycles. The highest BCUT2D eigenvalue weighted by molar-refractivity contribution is 5.99. The summed E-state index contributed by atoms with van der Waals surface area (Å²) in [5, 5.41) is 0. The van der Waals surface area contributed by atoms with Gasteiger partial charge in [0.05, 0.1) is 6.54 Å². The molecule has 2 aliphatic heterocycles. The summed E-state index contributed by atoms with van der Waals surface area (Å²) in [4.78, 5) is 38.8. The van der Waals surface area contributed by atoms with Gasteiger partial charge in [-0.3, -0.25) is 14.4 Å². The molecule has 1 aromatic rings. The van der Waals surface area contributed by atoms with E-state index in [1.54, 1.807) is 12.1 Å². The number of nitrogens with two attached hydrogens (primary N) is 1. The maximum Gasteiger partial charge on any atom is 0.254 e. The average Bonchev–Trinajstić information content (AvgIpc) is 2.93. The summed E-state index contributed by atoms with van der Waals surface area (Å²) in [7, 11) is 0. The van der Waals surface area contributed by atoms with Crippen LogP contribution in [-0.4, -0.2) is 59.4 Å². The molecule has 0 saturated carbocycles. The van der Waals surface area contributed by atoms with Gasteiger partial charge in [0.2, 0.25) is 11.8 Å². The van der Waals surface area contributed by atoms with Crippen molar-refractivity contribution in [2.24, 2.45) is 5.73 Å². The molecule has 2 N–H and O–H groups in total. The van der Waals surface area contributed by atoms with Crippen LogP contribution in [0.2, 0.25) is 0 Å². The molecule has 0 aromatic heterocycles. The first-order chi connectivity index (χ1) is 11.0. The Bertz CT molecular complexity index is 664. The molecule has 0 spiro atoms. The van der Waals surface area contributed by atoms with Crippen LogP contribution in [0.25, 0.3) is 0 Å². The Kier molecular flexibility index (Phi) is 4.02. The number of carbonyl (C=O) groups excluding carboxylic acids is 3. The smallest absolute Gasteiger partial charge is 0.254 e. The number of rotatable bonds is 3. The number of hydrogen-bond donors (Lipinski definition) is 1. The normalized spacial score (nSPS) is 23.8. The van der Waals surface area contributed by atoms with Crippen LogP contribution in [0.1, 0.15) is 22.3 Å². The molecule has 7 heteroatoms. The lowest BCUT2D eigenvalue weighted by Crippen LogP contribution is -2.50. The zero-order valence-corrected chi connectivity index (χ0v) is 12.6. The van der Waals surface area contributed by atoms with Crippen molar-refractivity contribution in [3.8, 4) is 0 Å². The summed E-state index contributed by atoms with van der Waals surface area (Å²) in [6, 6.07) is 6.34. The van der Waals surface area contributed by atoms with E-state index in [2.05, 4.69) is 0 Å². The summed E-state index contributed by atoms with van der Waals surface area (Å²) in [6.07, 6.45) is -0.660. The SMILES string of the molecule is NC(=O)[C@@H]1C[C@@H](F)CN1C(=O)CN1CCc2ccccc2C1=O. The molecular formula is C16H18FN3O3. The van der Waals surface area contributed by atoms with Crippen molar-refractivity contribution in [3.63, 3.8) is 0 Å². The van der Waals surface area contributed by atoms with Gasteiger partial charge in [-0.05, 0) is 18.1 Å². The molecule has 0 bridgehead atoms. The van der Waals surface area contributed by atoms with Crippen LogP contribution in [0.15, 0.2) is 24.3 Å². The molecule has 1 fully saturated rings. The average molecular weight is 319 g/mol. The molecule has 3 rings (SSSR count). The zero-order valence-electron chi connectivity index (χ0n) is 12.6. The van der Waals surface area contributed by atoms with Crippen LogP contribution in [0, 0.1) is 0 Å². The van der Waals surface area contributed by atoms with E-state index < -0.39 is 24.0 Å². The van der Waals surface area contributed by atoms with Crippen molar-refractivity contribution < 1.29 is 18.8 Å². The lowest BCUT2D eigenvalue weighted by atomic mass is 9.99.